The summed E-state index contributed by atoms with van der Waals surface area (Å²) >= 11 is 0. The average Bonchev–Trinajstić information content (AvgIpc) is 2.24. The Morgan fingerprint density at radius 3 is 2.59 bits per heavy atom. The molecule has 2 rings (SSSR count). The highest BCUT2D eigenvalue weighted by Gasteiger charge is 2.39. The summed E-state index contributed by atoms with van der Waals surface area (Å²) in [5.74, 6) is 0.479. The summed E-state index contributed by atoms with van der Waals surface area (Å²) in [4.78, 5) is 0. The second kappa shape index (κ2) is 4.00. The molecule has 0 aliphatic heterocycles. The van der Waals surface area contributed by atoms with Crippen LogP contribution in [0.3, 0.4) is 0 Å². The second-order valence-corrected chi connectivity index (χ2v) is 5.48. The number of phenolic OH excluding ortho intramolecular Hbond substituents is 1. The van der Waals surface area contributed by atoms with Crippen LogP contribution in [-0.2, 0) is 6.42 Å². The van der Waals surface area contributed by atoms with Crippen molar-refractivity contribution in [2.45, 2.75) is 51.2 Å². The number of rotatable bonds is 1. The summed E-state index contributed by atoms with van der Waals surface area (Å²) in [6.07, 6.45) is 0.151. The van der Waals surface area contributed by atoms with E-state index in [0.29, 0.717) is 12.8 Å². The smallest absolute Gasteiger partial charge is 0.119 e. The fourth-order valence-electron chi connectivity index (χ4n) is 2.59. The lowest BCUT2D eigenvalue weighted by molar-refractivity contribution is -0.0759. The van der Waals surface area contributed by atoms with Gasteiger partial charge in [-0.15, -0.1) is 0 Å². The molecule has 1 aromatic carbocycles. The van der Waals surface area contributed by atoms with Gasteiger partial charge in [0.15, 0.2) is 0 Å². The summed E-state index contributed by atoms with van der Waals surface area (Å²) in [6.45, 7) is 5.74. The van der Waals surface area contributed by atoms with Crippen LogP contribution < -0.4 is 0 Å². The summed E-state index contributed by atoms with van der Waals surface area (Å²) in [6, 6.07) is 3.52. The molecule has 0 aromatic heterocycles. The van der Waals surface area contributed by atoms with Crippen LogP contribution in [0.15, 0.2) is 12.1 Å². The molecular formula is C14H20O3. The van der Waals surface area contributed by atoms with E-state index in [-0.39, 0.29) is 11.7 Å². The van der Waals surface area contributed by atoms with Gasteiger partial charge in [0.05, 0.1) is 5.60 Å². The van der Waals surface area contributed by atoms with E-state index in [1.54, 1.807) is 13.0 Å². The maximum Gasteiger partial charge on any atom is 0.119 e. The zero-order valence-electron chi connectivity index (χ0n) is 10.6. The van der Waals surface area contributed by atoms with Crippen molar-refractivity contribution in [3.05, 3.63) is 28.8 Å². The predicted octanol–water partition coefficient (Wildman–Crippen LogP) is 2.25. The predicted molar refractivity (Wildman–Crippen MR) is 66.1 cm³/mol. The highest BCUT2D eigenvalue weighted by atomic mass is 16.3. The van der Waals surface area contributed by atoms with E-state index >= 15 is 0 Å². The molecule has 3 N–H and O–H groups in total. The van der Waals surface area contributed by atoms with Crippen LogP contribution in [0.5, 0.6) is 5.75 Å². The number of aliphatic hydroxyl groups excluding tert-OH is 1. The Bertz CT molecular complexity index is 435. The zero-order valence-corrected chi connectivity index (χ0v) is 10.6. The summed E-state index contributed by atoms with van der Waals surface area (Å²) < 4.78 is 0. The molecule has 1 aliphatic carbocycles. The molecule has 0 bridgehead atoms. The molecule has 0 saturated heterocycles. The Morgan fingerprint density at radius 2 is 2.00 bits per heavy atom. The molecule has 0 radical (unpaired) electrons. The molecule has 0 heterocycles. The topological polar surface area (TPSA) is 60.7 Å². The van der Waals surface area contributed by atoms with Crippen molar-refractivity contribution < 1.29 is 15.3 Å². The summed E-state index contributed by atoms with van der Waals surface area (Å²) in [5.41, 5.74) is 1.40. The lowest BCUT2D eigenvalue weighted by atomic mass is 9.75. The Hall–Kier alpha value is -1.06. The lowest BCUT2D eigenvalue weighted by Gasteiger charge is -2.37. The monoisotopic (exact) mass is 236 g/mol. The van der Waals surface area contributed by atoms with E-state index in [2.05, 4.69) is 0 Å². The van der Waals surface area contributed by atoms with Gasteiger partial charge in [0.25, 0.3) is 0 Å². The molecule has 3 nitrogen and oxygen atoms in total. The molecule has 1 aromatic rings. The largest absolute Gasteiger partial charge is 0.508 e. The third-order valence-corrected chi connectivity index (χ3v) is 3.73. The van der Waals surface area contributed by atoms with Crippen LogP contribution in [0.1, 0.15) is 55.9 Å². The van der Waals surface area contributed by atoms with Crippen LogP contribution in [0.25, 0.3) is 0 Å². The van der Waals surface area contributed by atoms with Gasteiger partial charge in [-0.1, -0.05) is 19.9 Å². The Labute approximate surface area is 102 Å². The van der Waals surface area contributed by atoms with Crippen LogP contribution in [0, 0.1) is 0 Å². The van der Waals surface area contributed by atoms with E-state index in [9.17, 15) is 15.3 Å². The Morgan fingerprint density at radius 1 is 1.35 bits per heavy atom. The molecule has 3 heteroatoms. The van der Waals surface area contributed by atoms with E-state index < -0.39 is 11.7 Å². The summed E-state index contributed by atoms with van der Waals surface area (Å²) in [7, 11) is 0. The van der Waals surface area contributed by atoms with Gasteiger partial charge in [0, 0.05) is 5.56 Å². The molecule has 1 aliphatic rings. The van der Waals surface area contributed by atoms with Gasteiger partial charge in [-0.05, 0) is 42.9 Å². The van der Waals surface area contributed by atoms with Gasteiger partial charge >= 0.3 is 0 Å². The van der Waals surface area contributed by atoms with Crippen molar-refractivity contribution in [3.63, 3.8) is 0 Å². The molecule has 94 valence electrons. The zero-order chi connectivity index (χ0) is 12.8. The third kappa shape index (κ3) is 1.94. The average molecular weight is 236 g/mol. The Balaban J connectivity index is 2.63. The van der Waals surface area contributed by atoms with E-state index in [1.165, 1.54) is 0 Å². The van der Waals surface area contributed by atoms with Crippen molar-refractivity contribution in [1.82, 2.24) is 0 Å². The first kappa shape index (κ1) is 12.4. The molecule has 0 unspecified atom stereocenters. The van der Waals surface area contributed by atoms with E-state index in [4.69, 9.17) is 0 Å². The van der Waals surface area contributed by atoms with Gasteiger partial charge in [-0.2, -0.15) is 0 Å². The van der Waals surface area contributed by atoms with Gasteiger partial charge in [0.2, 0.25) is 0 Å². The number of hydrogen-bond donors (Lipinski definition) is 3. The Kier molecular flexibility index (Phi) is 2.92. The molecule has 0 fully saturated rings. The minimum Gasteiger partial charge on any atom is -0.508 e. The highest BCUT2D eigenvalue weighted by molar-refractivity contribution is 5.49. The minimum atomic E-state index is -1.11. The van der Waals surface area contributed by atoms with Crippen molar-refractivity contribution in [2.75, 3.05) is 0 Å². The van der Waals surface area contributed by atoms with E-state index in [0.717, 1.165) is 16.7 Å². The fraction of sp³-hybridized carbons (Fsp3) is 0.571. The number of fused-ring (bicyclic) bond motifs is 1. The SMILES string of the molecule is CC(C)c1ccc(O)c2c1[C@H](O)[C@@](C)(O)CC2. The molecule has 0 amide bonds. The summed E-state index contributed by atoms with van der Waals surface area (Å²) in [5, 5.41) is 30.3. The first-order valence-electron chi connectivity index (χ1n) is 6.09. The molecule has 0 spiro atoms. The van der Waals surface area contributed by atoms with Gasteiger partial charge in [0.1, 0.15) is 11.9 Å². The maximum atomic E-state index is 10.3. The lowest BCUT2D eigenvalue weighted by Crippen LogP contribution is -2.38. The van der Waals surface area contributed by atoms with Crippen molar-refractivity contribution in [1.29, 1.82) is 0 Å². The molecule has 2 atom stereocenters. The number of phenols is 1. The van der Waals surface area contributed by atoms with Crippen molar-refractivity contribution >= 4 is 0 Å². The van der Waals surface area contributed by atoms with E-state index in [1.807, 2.05) is 19.9 Å². The number of hydrogen-bond acceptors (Lipinski definition) is 3. The second-order valence-electron chi connectivity index (χ2n) is 5.48. The van der Waals surface area contributed by atoms with Gasteiger partial charge in [-0.25, -0.2) is 0 Å². The minimum absolute atomic E-state index is 0.221. The van der Waals surface area contributed by atoms with Gasteiger partial charge in [-0.3, -0.25) is 0 Å². The quantitative estimate of drug-likeness (QED) is 0.701. The van der Waals surface area contributed by atoms with Crippen molar-refractivity contribution in [3.8, 4) is 5.75 Å². The number of aromatic hydroxyl groups is 1. The van der Waals surface area contributed by atoms with Crippen LogP contribution >= 0.6 is 0 Å². The first-order chi connectivity index (χ1) is 7.84. The molecule has 17 heavy (non-hydrogen) atoms. The first-order valence-corrected chi connectivity index (χ1v) is 6.09. The standard InChI is InChI=1S/C14H20O3/c1-8(2)9-4-5-11(15)10-6-7-14(3,17)13(16)12(9)10/h4-5,8,13,15-17H,6-7H2,1-3H3/t13-,14-/m0/s1. The molecular weight excluding hydrogens is 216 g/mol. The number of benzene rings is 1. The molecule has 0 saturated carbocycles. The van der Waals surface area contributed by atoms with Crippen LogP contribution in [0.4, 0.5) is 0 Å². The third-order valence-electron chi connectivity index (χ3n) is 3.73. The number of aliphatic hydroxyl groups is 2. The highest BCUT2D eigenvalue weighted by Crippen LogP contribution is 2.43. The van der Waals surface area contributed by atoms with Crippen molar-refractivity contribution in [2.24, 2.45) is 0 Å². The normalized spacial score (nSPS) is 28.2. The fourth-order valence-corrected chi connectivity index (χ4v) is 2.59. The van der Waals surface area contributed by atoms with Gasteiger partial charge < -0.3 is 15.3 Å². The van der Waals surface area contributed by atoms with Crippen LogP contribution in [0.2, 0.25) is 0 Å². The maximum absolute atomic E-state index is 10.3. The van der Waals surface area contributed by atoms with Crippen LogP contribution in [-0.4, -0.2) is 20.9 Å².